The van der Waals surface area contributed by atoms with Crippen molar-refractivity contribution >= 4 is 12.0 Å². The normalized spacial score (nSPS) is 25.3. The second-order valence-corrected chi connectivity index (χ2v) is 7.93. The van der Waals surface area contributed by atoms with E-state index >= 15 is 0 Å². The molecule has 0 aliphatic carbocycles. The minimum Gasteiger partial charge on any atom is -0.335 e. The van der Waals surface area contributed by atoms with Crippen molar-refractivity contribution in [2.75, 3.05) is 26.2 Å². The summed E-state index contributed by atoms with van der Waals surface area (Å²) in [5, 5.41) is 0. The average Bonchev–Trinajstić information content (AvgIpc) is 3.21. The highest BCUT2D eigenvalue weighted by atomic mass is 16.2. The van der Waals surface area contributed by atoms with E-state index in [1.807, 2.05) is 6.07 Å². The Balaban J connectivity index is 1.48. The SMILES string of the molecule is CC(=O)N1C[C@H]2CN(C/C=C/c3ccccc3)C[C@H]2[C@H]1c1ccccc1C. The smallest absolute Gasteiger partial charge is 0.219 e. The van der Waals surface area contributed by atoms with Gasteiger partial charge in [0.2, 0.25) is 5.91 Å². The Morgan fingerprint density at radius 3 is 2.52 bits per heavy atom. The minimum absolute atomic E-state index is 0.202. The quantitative estimate of drug-likeness (QED) is 0.817. The van der Waals surface area contributed by atoms with Crippen LogP contribution in [0.15, 0.2) is 60.7 Å². The van der Waals surface area contributed by atoms with Gasteiger partial charge in [-0.3, -0.25) is 9.69 Å². The monoisotopic (exact) mass is 360 g/mol. The molecule has 1 amide bonds. The number of benzene rings is 2. The molecule has 2 aliphatic heterocycles. The van der Waals surface area contributed by atoms with Crippen molar-refractivity contribution < 1.29 is 4.79 Å². The van der Waals surface area contributed by atoms with Gasteiger partial charge in [-0.1, -0.05) is 66.7 Å². The fourth-order valence-electron chi connectivity index (χ4n) is 4.83. The lowest BCUT2D eigenvalue weighted by Crippen LogP contribution is -2.34. The van der Waals surface area contributed by atoms with Gasteiger partial charge < -0.3 is 4.90 Å². The van der Waals surface area contributed by atoms with Crippen LogP contribution >= 0.6 is 0 Å². The van der Waals surface area contributed by atoms with Crippen LogP contribution in [0.5, 0.6) is 0 Å². The average molecular weight is 361 g/mol. The minimum atomic E-state index is 0.202. The number of amides is 1. The van der Waals surface area contributed by atoms with Crippen LogP contribution in [-0.2, 0) is 4.79 Å². The Morgan fingerprint density at radius 2 is 1.78 bits per heavy atom. The summed E-state index contributed by atoms with van der Waals surface area (Å²) in [6.07, 6.45) is 4.47. The summed E-state index contributed by atoms with van der Waals surface area (Å²) < 4.78 is 0. The summed E-state index contributed by atoms with van der Waals surface area (Å²) in [5.74, 6) is 1.30. The predicted octanol–water partition coefficient (Wildman–Crippen LogP) is 4.16. The predicted molar refractivity (Wildman–Crippen MR) is 110 cm³/mol. The van der Waals surface area contributed by atoms with Crippen LogP contribution in [0.2, 0.25) is 0 Å². The van der Waals surface area contributed by atoms with E-state index in [-0.39, 0.29) is 11.9 Å². The lowest BCUT2D eigenvalue weighted by Gasteiger charge is -2.30. The van der Waals surface area contributed by atoms with Gasteiger partial charge in [0.1, 0.15) is 0 Å². The fraction of sp³-hybridized carbons (Fsp3) is 0.375. The van der Waals surface area contributed by atoms with Crippen LogP contribution in [-0.4, -0.2) is 41.9 Å². The van der Waals surface area contributed by atoms with Gasteiger partial charge >= 0.3 is 0 Å². The van der Waals surface area contributed by atoms with Crippen molar-refractivity contribution in [2.45, 2.75) is 19.9 Å². The van der Waals surface area contributed by atoms with Crippen molar-refractivity contribution in [3.63, 3.8) is 0 Å². The summed E-state index contributed by atoms with van der Waals surface area (Å²) in [7, 11) is 0. The molecule has 2 heterocycles. The van der Waals surface area contributed by atoms with E-state index in [9.17, 15) is 4.79 Å². The number of likely N-dealkylation sites (tertiary alicyclic amines) is 2. The number of hydrogen-bond donors (Lipinski definition) is 0. The van der Waals surface area contributed by atoms with Gasteiger partial charge in [-0.15, -0.1) is 0 Å². The topological polar surface area (TPSA) is 23.6 Å². The van der Waals surface area contributed by atoms with Gasteiger partial charge in [-0.2, -0.15) is 0 Å². The molecule has 2 aromatic carbocycles. The van der Waals surface area contributed by atoms with Gasteiger partial charge in [0.15, 0.2) is 0 Å². The molecule has 0 unspecified atom stereocenters. The number of nitrogens with zero attached hydrogens (tertiary/aromatic N) is 2. The van der Waals surface area contributed by atoms with E-state index < -0.39 is 0 Å². The van der Waals surface area contributed by atoms with Crippen molar-refractivity contribution in [2.24, 2.45) is 11.8 Å². The van der Waals surface area contributed by atoms with Gasteiger partial charge in [-0.05, 0) is 29.5 Å². The fourth-order valence-corrected chi connectivity index (χ4v) is 4.83. The van der Waals surface area contributed by atoms with Crippen LogP contribution in [0.4, 0.5) is 0 Å². The van der Waals surface area contributed by atoms with Crippen LogP contribution in [0.3, 0.4) is 0 Å². The number of carbonyl (C=O) groups is 1. The third-order valence-corrected chi connectivity index (χ3v) is 6.12. The Kier molecular flexibility index (Phi) is 5.13. The van der Waals surface area contributed by atoms with Crippen LogP contribution in [0.25, 0.3) is 6.08 Å². The van der Waals surface area contributed by atoms with E-state index in [1.165, 1.54) is 16.7 Å². The standard InChI is InChI=1S/C24H28N2O/c1-18-9-6-7-13-22(18)24-23-17-25(15-21(23)16-26(24)19(2)27)14-8-12-20-10-4-3-5-11-20/h3-13,21,23-24H,14-17H2,1-2H3/b12-8+/t21-,23-,24-/m1/s1. The second-order valence-electron chi connectivity index (χ2n) is 7.93. The maximum absolute atomic E-state index is 12.3. The zero-order valence-electron chi connectivity index (χ0n) is 16.2. The third kappa shape index (κ3) is 3.70. The zero-order valence-corrected chi connectivity index (χ0v) is 16.2. The summed E-state index contributed by atoms with van der Waals surface area (Å²) in [6.45, 7) is 7.88. The van der Waals surface area contributed by atoms with E-state index in [0.29, 0.717) is 11.8 Å². The lowest BCUT2D eigenvalue weighted by atomic mass is 9.87. The maximum atomic E-state index is 12.3. The number of carbonyl (C=O) groups excluding carboxylic acids is 1. The molecule has 140 valence electrons. The van der Waals surface area contributed by atoms with E-state index in [1.54, 1.807) is 6.92 Å². The molecule has 2 aromatic rings. The molecule has 4 rings (SSSR count). The highest BCUT2D eigenvalue weighted by Gasteiger charge is 2.48. The molecule has 0 saturated carbocycles. The van der Waals surface area contributed by atoms with Crippen molar-refractivity contribution in [3.8, 4) is 0 Å². The molecular weight excluding hydrogens is 332 g/mol. The van der Waals surface area contributed by atoms with Gasteiger partial charge in [0, 0.05) is 39.0 Å². The van der Waals surface area contributed by atoms with Crippen molar-refractivity contribution in [1.29, 1.82) is 0 Å². The molecule has 27 heavy (non-hydrogen) atoms. The van der Waals surface area contributed by atoms with Crippen LogP contribution in [0.1, 0.15) is 29.7 Å². The van der Waals surface area contributed by atoms with Gasteiger partial charge in [0.05, 0.1) is 6.04 Å². The molecular formula is C24H28N2O. The van der Waals surface area contributed by atoms with Gasteiger partial charge in [-0.25, -0.2) is 0 Å². The highest BCUT2D eigenvalue weighted by Crippen LogP contribution is 2.45. The highest BCUT2D eigenvalue weighted by molar-refractivity contribution is 5.74. The zero-order chi connectivity index (χ0) is 18.8. The maximum Gasteiger partial charge on any atom is 0.219 e. The molecule has 3 heteroatoms. The molecule has 2 aliphatic rings. The summed E-state index contributed by atoms with van der Waals surface area (Å²) in [6, 6.07) is 19.2. The summed E-state index contributed by atoms with van der Waals surface area (Å²) >= 11 is 0. The molecule has 3 atom stereocenters. The molecule has 0 bridgehead atoms. The van der Waals surface area contributed by atoms with Crippen molar-refractivity contribution in [3.05, 3.63) is 77.4 Å². The Labute approximate surface area is 162 Å². The number of rotatable bonds is 4. The molecule has 2 fully saturated rings. The van der Waals surface area contributed by atoms with Crippen LogP contribution < -0.4 is 0 Å². The Bertz CT molecular complexity index is 829. The summed E-state index contributed by atoms with van der Waals surface area (Å²) in [4.78, 5) is 16.9. The van der Waals surface area contributed by atoms with E-state index in [2.05, 4.69) is 77.4 Å². The molecule has 0 radical (unpaired) electrons. The van der Waals surface area contributed by atoms with Crippen molar-refractivity contribution in [1.82, 2.24) is 9.80 Å². The number of hydrogen-bond acceptors (Lipinski definition) is 2. The largest absolute Gasteiger partial charge is 0.335 e. The number of fused-ring (bicyclic) bond motifs is 1. The van der Waals surface area contributed by atoms with E-state index in [4.69, 9.17) is 0 Å². The molecule has 0 N–H and O–H groups in total. The molecule has 3 nitrogen and oxygen atoms in total. The first-order valence-corrected chi connectivity index (χ1v) is 9.90. The second kappa shape index (κ2) is 7.69. The van der Waals surface area contributed by atoms with Gasteiger partial charge in [0.25, 0.3) is 0 Å². The lowest BCUT2D eigenvalue weighted by molar-refractivity contribution is -0.130. The molecule has 0 spiro atoms. The van der Waals surface area contributed by atoms with Crippen LogP contribution in [0, 0.1) is 18.8 Å². The number of aryl methyl sites for hydroxylation is 1. The molecule has 0 aromatic heterocycles. The third-order valence-electron chi connectivity index (χ3n) is 6.12. The molecule has 2 saturated heterocycles. The first kappa shape index (κ1) is 18.0. The Hall–Kier alpha value is -2.39. The first-order valence-electron chi connectivity index (χ1n) is 9.90. The first-order chi connectivity index (χ1) is 13.1. The summed E-state index contributed by atoms with van der Waals surface area (Å²) in [5.41, 5.74) is 3.86. The Morgan fingerprint density at radius 1 is 1.04 bits per heavy atom. The van der Waals surface area contributed by atoms with E-state index in [0.717, 1.165) is 26.2 Å².